The summed E-state index contributed by atoms with van der Waals surface area (Å²) in [7, 11) is -5.91. The lowest BCUT2D eigenvalue weighted by molar-refractivity contribution is -0.0525. The summed E-state index contributed by atoms with van der Waals surface area (Å²) in [6, 6.07) is 5.54. The van der Waals surface area contributed by atoms with Gasteiger partial charge in [0.05, 0.1) is 5.56 Å². The van der Waals surface area contributed by atoms with Gasteiger partial charge in [-0.3, -0.25) is 0 Å². The van der Waals surface area contributed by atoms with Crippen LogP contribution < -0.4 is 0 Å². The highest BCUT2D eigenvalue weighted by Gasteiger charge is 2.49. The molecule has 0 atom stereocenters. The van der Waals surface area contributed by atoms with Gasteiger partial charge < -0.3 is 4.18 Å². The molecule has 0 bridgehead atoms. The van der Waals surface area contributed by atoms with Crippen LogP contribution in [0.1, 0.15) is 15.9 Å². The van der Waals surface area contributed by atoms with E-state index >= 15 is 0 Å². The summed E-state index contributed by atoms with van der Waals surface area (Å²) in [4.78, 5) is 11.2. The summed E-state index contributed by atoms with van der Waals surface area (Å²) < 4.78 is 60.5. The number of rotatable bonds is 2. The molecule has 0 N–H and O–H groups in total. The standard InChI is InChI=1S/C9H7F3O4S/c1-6-4-2-3-5-7(6)8(13)16-17(14,15)9(10,11)12/h2-5H,1H3. The number of aryl methyl sites for hydroxylation is 1. The molecular formula is C9H7F3O4S. The minimum absolute atomic E-state index is 0.236. The van der Waals surface area contributed by atoms with Gasteiger partial charge >= 0.3 is 21.6 Å². The highest BCUT2D eigenvalue weighted by molar-refractivity contribution is 7.88. The van der Waals surface area contributed by atoms with Gasteiger partial charge in [0, 0.05) is 0 Å². The Morgan fingerprint density at radius 1 is 1.24 bits per heavy atom. The summed E-state index contributed by atoms with van der Waals surface area (Å²) in [6.45, 7) is 1.44. The fourth-order valence-electron chi connectivity index (χ4n) is 0.994. The number of halogens is 3. The van der Waals surface area contributed by atoms with Crippen LogP contribution in [0, 0.1) is 6.92 Å². The van der Waals surface area contributed by atoms with Crippen molar-refractivity contribution in [1.82, 2.24) is 0 Å². The van der Waals surface area contributed by atoms with Crippen molar-refractivity contribution in [2.24, 2.45) is 0 Å². The maximum Gasteiger partial charge on any atom is 0.534 e. The van der Waals surface area contributed by atoms with Crippen molar-refractivity contribution in [2.45, 2.75) is 12.4 Å². The topological polar surface area (TPSA) is 60.4 Å². The van der Waals surface area contributed by atoms with Gasteiger partial charge in [0.2, 0.25) is 0 Å². The third-order valence-electron chi connectivity index (χ3n) is 1.83. The Bertz CT molecular complexity index is 533. The lowest BCUT2D eigenvalue weighted by Crippen LogP contribution is -2.28. The first-order valence-corrected chi connectivity index (χ1v) is 5.66. The molecule has 1 rings (SSSR count). The van der Waals surface area contributed by atoms with Gasteiger partial charge in [-0.2, -0.15) is 21.6 Å². The van der Waals surface area contributed by atoms with Crippen LogP contribution in [-0.2, 0) is 14.3 Å². The summed E-state index contributed by atoms with van der Waals surface area (Å²) in [6.07, 6.45) is 0. The van der Waals surface area contributed by atoms with E-state index in [0.717, 1.165) is 0 Å². The van der Waals surface area contributed by atoms with E-state index in [1.165, 1.54) is 25.1 Å². The van der Waals surface area contributed by atoms with Crippen molar-refractivity contribution in [1.29, 1.82) is 0 Å². The van der Waals surface area contributed by atoms with Crippen LogP contribution in [0.15, 0.2) is 24.3 Å². The van der Waals surface area contributed by atoms with E-state index in [9.17, 15) is 26.4 Å². The first kappa shape index (κ1) is 13.5. The van der Waals surface area contributed by atoms with Crippen LogP contribution in [0.3, 0.4) is 0 Å². The van der Waals surface area contributed by atoms with Gasteiger partial charge in [-0.25, -0.2) is 4.79 Å². The van der Waals surface area contributed by atoms with E-state index in [4.69, 9.17) is 0 Å². The van der Waals surface area contributed by atoms with Crippen LogP contribution in [0.4, 0.5) is 13.2 Å². The smallest absolute Gasteiger partial charge is 0.335 e. The van der Waals surface area contributed by atoms with Gasteiger partial charge in [0.25, 0.3) is 0 Å². The first-order valence-electron chi connectivity index (χ1n) is 4.26. The summed E-state index contributed by atoms with van der Waals surface area (Å²) in [5.74, 6) is -1.56. The predicted molar refractivity (Wildman–Crippen MR) is 51.6 cm³/mol. The molecule has 0 spiro atoms. The Labute approximate surface area is 95.1 Å². The number of benzene rings is 1. The van der Waals surface area contributed by atoms with Crippen LogP contribution >= 0.6 is 0 Å². The fourth-order valence-corrected chi connectivity index (χ4v) is 1.38. The Morgan fingerprint density at radius 3 is 2.24 bits per heavy atom. The lowest BCUT2D eigenvalue weighted by atomic mass is 10.1. The molecule has 0 radical (unpaired) electrons. The van der Waals surface area contributed by atoms with Gasteiger partial charge in [-0.05, 0) is 18.6 Å². The third kappa shape index (κ3) is 2.96. The van der Waals surface area contributed by atoms with Crippen molar-refractivity contribution in [3.63, 3.8) is 0 Å². The zero-order chi connectivity index (χ0) is 13.3. The maximum absolute atomic E-state index is 11.9. The molecule has 0 saturated heterocycles. The van der Waals surface area contributed by atoms with E-state index in [2.05, 4.69) is 4.18 Å². The number of carbonyl (C=O) groups is 1. The second-order valence-corrected chi connectivity index (χ2v) is 4.62. The van der Waals surface area contributed by atoms with E-state index in [1.54, 1.807) is 6.07 Å². The number of hydrogen-bond acceptors (Lipinski definition) is 4. The van der Waals surface area contributed by atoms with Crippen molar-refractivity contribution < 1.29 is 30.6 Å². The van der Waals surface area contributed by atoms with Crippen molar-refractivity contribution in [3.05, 3.63) is 35.4 Å². The summed E-state index contributed by atoms with van der Waals surface area (Å²) >= 11 is 0. The zero-order valence-corrected chi connectivity index (χ0v) is 9.30. The number of carbonyl (C=O) groups excluding carboxylic acids is 1. The molecule has 4 nitrogen and oxygen atoms in total. The van der Waals surface area contributed by atoms with Crippen LogP contribution in [0.25, 0.3) is 0 Å². The molecule has 0 aliphatic carbocycles. The molecule has 0 aliphatic heterocycles. The Kier molecular flexibility index (Phi) is 3.46. The molecule has 0 unspecified atom stereocenters. The molecule has 0 fully saturated rings. The number of hydrogen-bond donors (Lipinski definition) is 0. The van der Waals surface area contributed by atoms with Crippen molar-refractivity contribution in [2.75, 3.05) is 0 Å². The molecule has 94 valence electrons. The average molecular weight is 268 g/mol. The van der Waals surface area contributed by atoms with E-state index in [0.29, 0.717) is 5.56 Å². The molecule has 0 heterocycles. The monoisotopic (exact) mass is 268 g/mol. The van der Waals surface area contributed by atoms with Crippen LogP contribution in [0.2, 0.25) is 0 Å². The number of alkyl halides is 3. The Balaban J connectivity index is 3.00. The SMILES string of the molecule is Cc1ccccc1C(=O)OS(=O)(=O)C(F)(F)F. The fraction of sp³-hybridized carbons (Fsp3) is 0.222. The molecule has 0 aromatic heterocycles. The summed E-state index contributed by atoms with van der Waals surface area (Å²) in [5.41, 5.74) is -5.54. The van der Waals surface area contributed by atoms with Crippen LogP contribution in [-0.4, -0.2) is 19.9 Å². The quantitative estimate of drug-likeness (QED) is 0.608. The largest absolute Gasteiger partial charge is 0.534 e. The van der Waals surface area contributed by atoms with Gasteiger partial charge in [-0.15, -0.1) is 0 Å². The second-order valence-electron chi connectivity index (χ2n) is 3.09. The third-order valence-corrected chi connectivity index (χ3v) is 2.77. The predicted octanol–water partition coefficient (Wildman–Crippen LogP) is 2.00. The normalized spacial score (nSPS) is 12.2. The van der Waals surface area contributed by atoms with Gasteiger partial charge in [-0.1, -0.05) is 18.2 Å². The van der Waals surface area contributed by atoms with Crippen molar-refractivity contribution >= 4 is 16.1 Å². The van der Waals surface area contributed by atoms with Crippen molar-refractivity contribution in [3.8, 4) is 0 Å². The molecule has 8 heteroatoms. The van der Waals surface area contributed by atoms with Crippen LogP contribution in [0.5, 0.6) is 0 Å². The Hall–Kier alpha value is -1.57. The Morgan fingerprint density at radius 2 is 1.76 bits per heavy atom. The highest BCUT2D eigenvalue weighted by atomic mass is 32.2. The molecule has 0 amide bonds. The zero-order valence-electron chi connectivity index (χ0n) is 8.48. The van der Waals surface area contributed by atoms with E-state index in [-0.39, 0.29) is 5.56 Å². The lowest BCUT2D eigenvalue weighted by Gasteiger charge is -2.09. The average Bonchev–Trinajstić information content (AvgIpc) is 2.15. The first-order chi connectivity index (χ1) is 7.65. The molecule has 1 aromatic rings. The molecule has 0 aliphatic rings. The molecular weight excluding hydrogens is 261 g/mol. The highest BCUT2D eigenvalue weighted by Crippen LogP contribution is 2.25. The van der Waals surface area contributed by atoms with Gasteiger partial charge in [0.1, 0.15) is 0 Å². The molecule has 0 saturated carbocycles. The second kappa shape index (κ2) is 4.36. The minimum atomic E-state index is -5.91. The molecule has 17 heavy (non-hydrogen) atoms. The van der Waals surface area contributed by atoms with E-state index < -0.39 is 21.6 Å². The molecule has 1 aromatic carbocycles. The minimum Gasteiger partial charge on any atom is -0.335 e. The van der Waals surface area contributed by atoms with E-state index in [1.807, 2.05) is 0 Å². The maximum atomic E-state index is 11.9. The summed E-state index contributed by atoms with van der Waals surface area (Å²) in [5, 5.41) is 0. The van der Waals surface area contributed by atoms with Gasteiger partial charge in [0.15, 0.2) is 0 Å².